The van der Waals surface area contributed by atoms with E-state index in [2.05, 4.69) is 5.32 Å². The molecular weight excluding hydrogens is 373 g/mol. The zero-order valence-electron chi connectivity index (χ0n) is 14.6. The van der Waals surface area contributed by atoms with E-state index in [-0.39, 0.29) is 5.91 Å². The number of nitrogens with one attached hydrogen (secondary N) is 1. The Morgan fingerprint density at radius 3 is 2.58 bits per heavy atom. The minimum Gasteiger partial charge on any atom is -0.497 e. The van der Waals surface area contributed by atoms with Crippen molar-refractivity contribution in [2.24, 2.45) is 0 Å². The van der Waals surface area contributed by atoms with Gasteiger partial charge < -0.3 is 14.8 Å². The third-order valence-corrected chi connectivity index (χ3v) is 4.99. The van der Waals surface area contributed by atoms with E-state index in [9.17, 15) is 4.79 Å². The lowest BCUT2D eigenvalue weighted by molar-refractivity contribution is -0.110. The van der Waals surface area contributed by atoms with Crippen LogP contribution in [-0.4, -0.2) is 26.2 Å². The topological polar surface area (TPSA) is 47.6 Å². The van der Waals surface area contributed by atoms with Crippen molar-refractivity contribution in [2.75, 3.05) is 25.6 Å². The third kappa shape index (κ3) is 3.73. The highest BCUT2D eigenvalue weighted by atomic mass is 35.5. The molecule has 2 aromatic carbocycles. The van der Waals surface area contributed by atoms with Gasteiger partial charge in [0, 0.05) is 17.7 Å². The van der Waals surface area contributed by atoms with Gasteiger partial charge in [0.1, 0.15) is 5.75 Å². The molecule has 26 heavy (non-hydrogen) atoms. The van der Waals surface area contributed by atoms with Gasteiger partial charge in [0.25, 0.3) is 5.91 Å². The summed E-state index contributed by atoms with van der Waals surface area (Å²) in [6, 6.07) is 9.31. The lowest BCUT2D eigenvalue weighted by Crippen LogP contribution is -2.04. The Kier molecular flexibility index (Phi) is 5.87. The van der Waals surface area contributed by atoms with E-state index in [0.717, 1.165) is 22.4 Å². The molecule has 136 valence electrons. The molecule has 0 bridgehead atoms. The van der Waals surface area contributed by atoms with Crippen LogP contribution >= 0.6 is 23.2 Å². The largest absolute Gasteiger partial charge is 0.497 e. The first-order valence-corrected chi connectivity index (χ1v) is 9.06. The first-order valence-electron chi connectivity index (χ1n) is 8.31. The van der Waals surface area contributed by atoms with Gasteiger partial charge in [-0.1, -0.05) is 35.3 Å². The standard InChI is InChI=1S/C20H19Cl2NO3/c1-3-26-9-8-13-11-16(21)18(22)19-17(13)15(20(24)23-19)10-12-4-6-14(25-2)7-5-12/h4-7,10-11H,3,8-9H2,1-2H3,(H,23,24)/b15-10-. The minimum atomic E-state index is -0.197. The monoisotopic (exact) mass is 391 g/mol. The number of hydrogen-bond donors (Lipinski definition) is 1. The number of halogens is 2. The molecule has 0 atom stereocenters. The molecule has 1 N–H and O–H groups in total. The summed E-state index contributed by atoms with van der Waals surface area (Å²) >= 11 is 12.6. The molecule has 6 heteroatoms. The highest BCUT2D eigenvalue weighted by Gasteiger charge is 2.30. The van der Waals surface area contributed by atoms with Gasteiger partial charge in [-0.25, -0.2) is 0 Å². The van der Waals surface area contributed by atoms with Crippen molar-refractivity contribution in [3.05, 3.63) is 57.1 Å². The summed E-state index contributed by atoms with van der Waals surface area (Å²) in [5, 5.41) is 3.62. The van der Waals surface area contributed by atoms with E-state index in [1.807, 2.05) is 43.3 Å². The molecule has 0 saturated heterocycles. The van der Waals surface area contributed by atoms with E-state index in [1.165, 1.54) is 0 Å². The van der Waals surface area contributed by atoms with Gasteiger partial charge in [-0.05, 0) is 48.7 Å². The van der Waals surface area contributed by atoms with Crippen LogP contribution in [0.4, 0.5) is 5.69 Å². The molecule has 1 aliphatic rings. The zero-order valence-corrected chi connectivity index (χ0v) is 16.1. The van der Waals surface area contributed by atoms with Crippen molar-refractivity contribution in [3.63, 3.8) is 0 Å². The van der Waals surface area contributed by atoms with Gasteiger partial charge in [-0.15, -0.1) is 0 Å². The Morgan fingerprint density at radius 2 is 1.92 bits per heavy atom. The zero-order chi connectivity index (χ0) is 18.7. The number of carbonyl (C=O) groups excluding carboxylic acids is 1. The smallest absolute Gasteiger partial charge is 0.256 e. The van der Waals surface area contributed by atoms with Crippen LogP contribution in [0.3, 0.4) is 0 Å². The molecule has 4 nitrogen and oxygen atoms in total. The van der Waals surface area contributed by atoms with Gasteiger partial charge in [0.2, 0.25) is 0 Å². The summed E-state index contributed by atoms with van der Waals surface area (Å²) in [5.74, 6) is 0.563. The van der Waals surface area contributed by atoms with Crippen LogP contribution in [0.2, 0.25) is 10.0 Å². The lowest BCUT2D eigenvalue weighted by Gasteiger charge is -2.11. The Morgan fingerprint density at radius 1 is 1.19 bits per heavy atom. The fourth-order valence-electron chi connectivity index (χ4n) is 2.93. The second-order valence-electron chi connectivity index (χ2n) is 5.81. The first-order chi connectivity index (χ1) is 12.5. The predicted molar refractivity (Wildman–Crippen MR) is 106 cm³/mol. The molecule has 0 fully saturated rings. The molecule has 1 amide bonds. The molecule has 3 rings (SSSR count). The molecule has 0 aliphatic carbocycles. The van der Waals surface area contributed by atoms with Gasteiger partial charge in [0.05, 0.1) is 29.4 Å². The van der Waals surface area contributed by atoms with Crippen LogP contribution in [0.25, 0.3) is 11.6 Å². The van der Waals surface area contributed by atoms with Crippen molar-refractivity contribution >= 4 is 46.4 Å². The summed E-state index contributed by atoms with van der Waals surface area (Å²) < 4.78 is 10.6. The van der Waals surface area contributed by atoms with Crippen LogP contribution in [-0.2, 0) is 16.0 Å². The molecule has 2 aromatic rings. The fourth-order valence-corrected chi connectivity index (χ4v) is 3.35. The van der Waals surface area contributed by atoms with Gasteiger partial charge >= 0.3 is 0 Å². The van der Waals surface area contributed by atoms with Crippen LogP contribution < -0.4 is 10.1 Å². The second-order valence-corrected chi connectivity index (χ2v) is 6.60. The average Bonchev–Trinajstić information content (AvgIpc) is 2.97. The SMILES string of the molecule is CCOCCc1cc(Cl)c(Cl)c2c1/C(=C/c1ccc(OC)cc1)C(=O)N2. The maximum absolute atomic E-state index is 12.6. The van der Waals surface area contributed by atoms with E-state index in [0.29, 0.717) is 40.9 Å². The number of amides is 1. The van der Waals surface area contributed by atoms with Crippen LogP contribution in [0.15, 0.2) is 30.3 Å². The van der Waals surface area contributed by atoms with Crippen molar-refractivity contribution in [1.29, 1.82) is 0 Å². The number of methoxy groups -OCH3 is 1. The number of ether oxygens (including phenoxy) is 2. The molecule has 0 aromatic heterocycles. The summed E-state index contributed by atoms with van der Waals surface area (Å²) in [4.78, 5) is 12.6. The molecule has 1 aliphatic heterocycles. The summed E-state index contributed by atoms with van der Waals surface area (Å²) in [5.41, 5.74) is 3.75. The van der Waals surface area contributed by atoms with Crippen molar-refractivity contribution in [3.8, 4) is 5.75 Å². The third-order valence-electron chi connectivity index (χ3n) is 4.20. The predicted octanol–water partition coefficient (Wildman–Crippen LogP) is 5.07. The normalized spacial score (nSPS) is 14.5. The molecule has 0 spiro atoms. The Labute approximate surface area is 162 Å². The number of benzene rings is 2. The number of rotatable bonds is 6. The Hall–Kier alpha value is -2.01. The van der Waals surface area contributed by atoms with E-state index in [4.69, 9.17) is 32.7 Å². The van der Waals surface area contributed by atoms with Crippen molar-refractivity contribution < 1.29 is 14.3 Å². The van der Waals surface area contributed by atoms with E-state index < -0.39 is 0 Å². The molecule has 0 unspecified atom stereocenters. The molecular formula is C20H19Cl2NO3. The van der Waals surface area contributed by atoms with Gasteiger partial charge in [-0.2, -0.15) is 0 Å². The lowest BCUT2D eigenvalue weighted by atomic mass is 9.96. The summed E-state index contributed by atoms with van der Waals surface area (Å²) in [7, 11) is 1.62. The summed E-state index contributed by atoms with van der Waals surface area (Å²) in [6.45, 7) is 3.12. The van der Waals surface area contributed by atoms with Gasteiger partial charge in [0.15, 0.2) is 0 Å². The average molecular weight is 392 g/mol. The first kappa shape index (κ1) is 18.8. The maximum atomic E-state index is 12.6. The summed E-state index contributed by atoms with van der Waals surface area (Å²) in [6.07, 6.45) is 2.48. The fraction of sp³-hybridized carbons (Fsp3) is 0.250. The van der Waals surface area contributed by atoms with Crippen molar-refractivity contribution in [1.82, 2.24) is 0 Å². The number of carbonyl (C=O) groups is 1. The minimum absolute atomic E-state index is 0.197. The second kappa shape index (κ2) is 8.12. The molecule has 1 heterocycles. The van der Waals surface area contributed by atoms with Gasteiger partial charge in [-0.3, -0.25) is 4.79 Å². The van der Waals surface area contributed by atoms with Crippen LogP contribution in [0, 0.1) is 0 Å². The van der Waals surface area contributed by atoms with Crippen molar-refractivity contribution in [2.45, 2.75) is 13.3 Å². The Balaban J connectivity index is 2.05. The quantitative estimate of drug-likeness (QED) is 0.551. The molecule has 0 saturated carbocycles. The number of fused-ring (bicyclic) bond motifs is 1. The molecule has 0 radical (unpaired) electrons. The maximum Gasteiger partial charge on any atom is 0.256 e. The highest BCUT2D eigenvalue weighted by molar-refractivity contribution is 6.47. The van der Waals surface area contributed by atoms with E-state index >= 15 is 0 Å². The van der Waals surface area contributed by atoms with Crippen LogP contribution in [0.1, 0.15) is 23.6 Å². The highest BCUT2D eigenvalue weighted by Crippen LogP contribution is 2.44. The number of hydrogen-bond acceptors (Lipinski definition) is 3. The number of anilines is 1. The Bertz CT molecular complexity index is 860. The van der Waals surface area contributed by atoms with Crippen LogP contribution in [0.5, 0.6) is 5.75 Å². The van der Waals surface area contributed by atoms with E-state index in [1.54, 1.807) is 7.11 Å².